The van der Waals surface area contributed by atoms with Gasteiger partial charge in [0, 0.05) is 12.5 Å². The van der Waals surface area contributed by atoms with Crippen LogP contribution in [0, 0.1) is 5.92 Å². The Hall–Kier alpha value is -2.04. The molecule has 0 heterocycles. The molecule has 1 unspecified atom stereocenters. The van der Waals surface area contributed by atoms with Crippen molar-refractivity contribution in [3.63, 3.8) is 0 Å². The van der Waals surface area contributed by atoms with E-state index in [4.69, 9.17) is 10.5 Å². The van der Waals surface area contributed by atoms with Crippen molar-refractivity contribution in [3.05, 3.63) is 60.2 Å². The Kier molecular flexibility index (Phi) is 8.30. The molecule has 5 heteroatoms. The maximum Gasteiger partial charge on any atom is 0.226 e. The van der Waals surface area contributed by atoms with Crippen LogP contribution in [-0.4, -0.2) is 12.5 Å². The van der Waals surface area contributed by atoms with Crippen LogP contribution in [0.5, 0.6) is 5.75 Å². The van der Waals surface area contributed by atoms with E-state index in [0.717, 1.165) is 5.56 Å². The molecule has 0 spiro atoms. The maximum atomic E-state index is 12.2. The Labute approximate surface area is 149 Å². The van der Waals surface area contributed by atoms with E-state index in [1.165, 1.54) is 0 Å². The largest absolute Gasteiger partial charge is 0.491 e. The molecule has 24 heavy (non-hydrogen) atoms. The van der Waals surface area contributed by atoms with Gasteiger partial charge >= 0.3 is 0 Å². The van der Waals surface area contributed by atoms with E-state index in [0.29, 0.717) is 24.0 Å². The number of rotatable bonds is 7. The van der Waals surface area contributed by atoms with Gasteiger partial charge in [0.2, 0.25) is 5.91 Å². The first kappa shape index (κ1) is 20.0. The van der Waals surface area contributed by atoms with Crippen LogP contribution in [0.2, 0.25) is 0 Å². The van der Waals surface area contributed by atoms with E-state index in [2.05, 4.69) is 19.2 Å². The van der Waals surface area contributed by atoms with Crippen LogP contribution in [0.3, 0.4) is 0 Å². The van der Waals surface area contributed by atoms with Crippen LogP contribution >= 0.6 is 12.4 Å². The first-order valence-corrected chi connectivity index (χ1v) is 7.88. The van der Waals surface area contributed by atoms with Gasteiger partial charge in [-0.3, -0.25) is 4.79 Å². The number of amides is 1. The smallest absolute Gasteiger partial charge is 0.226 e. The van der Waals surface area contributed by atoms with E-state index >= 15 is 0 Å². The third-order valence-electron chi connectivity index (χ3n) is 3.37. The third kappa shape index (κ3) is 6.22. The van der Waals surface area contributed by atoms with Gasteiger partial charge in [0.25, 0.3) is 0 Å². The number of nitrogens with one attached hydrogen (secondary N) is 1. The Morgan fingerprint density at radius 1 is 1.08 bits per heavy atom. The van der Waals surface area contributed by atoms with Gasteiger partial charge in [-0.25, -0.2) is 0 Å². The molecule has 0 fully saturated rings. The van der Waals surface area contributed by atoms with Crippen molar-refractivity contribution < 1.29 is 9.53 Å². The van der Waals surface area contributed by atoms with Gasteiger partial charge in [-0.15, -0.1) is 12.4 Å². The van der Waals surface area contributed by atoms with E-state index in [1.54, 1.807) is 0 Å². The minimum Gasteiger partial charge on any atom is -0.491 e. The molecule has 3 N–H and O–H groups in total. The predicted molar refractivity (Wildman–Crippen MR) is 101 cm³/mol. The molecule has 0 aliphatic rings. The van der Waals surface area contributed by atoms with E-state index < -0.39 is 0 Å². The summed E-state index contributed by atoms with van der Waals surface area (Å²) < 4.78 is 5.74. The standard InChI is InChI=1S/C19H24N2O2.ClH/c1-14(2)13-23-18-11-7-6-10-17(18)21-19(22)12-16(20)15-8-4-3-5-9-15;/h3-11,14,16H,12-13,20H2,1-2H3,(H,21,22);1H. The summed E-state index contributed by atoms with van der Waals surface area (Å²) in [5.74, 6) is 0.982. The number of nitrogens with two attached hydrogens (primary N) is 1. The molecule has 130 valence electrons. The van der Waals surface area contributed by atoms with Crippen molar-refractivity contribution in [2.75, 3.05) is 11.9 Å². The summed E-state index contributed by atoms with van der Waals surface area (Å²) in [5.41, 5.74) is 7.72. The van der Waals surface area contributed by atoms with Crippen LogP contribution in [-0.2, 0) is 4.79 Å². The van der Waals surface area contributed by atoms with Gasteiger partial charge in [0.15, 0.2) is 0 Å². The molecule has 2 aromatic rings. The van der Waals surface area contributed by atoms with E-state index in [-0.39, 0.29) is 30.8 Å². The van der Waals surface area contributed by atoms with Gasteiger partial charge in [0.1, 0.15) is 5.75 Å². The molecule has 2 aromatic carbocycles. The second kappa shape index (κ2) is 9.96. The number of ether oxygens (including phenoxy) is 1. The molecule has 0 saturated carbocycles. The number of para-hydroxylation sites is 2. The predicted octanol–water partition coefficient (Wildman–Crippen LogP) is 4.17. The zero-order valence-corrected chi connectivity index (χ0v) is 14.9. The Morgan fingerprint density at radius 3 is 2.38 bits per heavy atom. The first-order chi connectivity index (χ1) is 11.1. The number of carbonyl (C=O) groups is 1. The highest BCUT2D eigenvalue weighted by molar-refractivity contribution is 5.92. The Morgan fingerprint density at radius 2 is 1.71 bits per heavy atom. The molecular weight excluding hydrogens is 324 g/mol. The highest BCUT2D eigenvalue weighted by atomic mass is 35.5. The summed E-state index contributed by atoms with van der Waals surface area (Å²) in [6.07, 6.45) is 0.225. The lowest BCUT2D eigenvalue weighted by Gasteiger charge is -2.15. The topological polar surface area (TPSA) is 64.3 Å². The number of hydrogen-bond acceptors (Lipinski definition) is 3. The Bertz CT molecular complexity index is 632. The first-order valence-electron chi connectivity index (χ1n) is 7.88. The highest BCUT2D eigenvalue weighted by Gasteiger charge is 2.13. The van der Waals surface area contributed by atoms with Gasteiger partial charge in [0.05, 0.1) is 12.3 Å². The van der Waals surface area contributed by atoms with Gasteiger partial charge in [-0.2, -0.15) is 0 Å². The zero-order chi connectivity index (χ0) is 16.7. The zero-order valence-electron chi connectivity index (χ0n) is 14.1. The molecule has 0 saturated heterocycles. The highest BCUT2D eigenvalue weighted by Crippen LogP contribution is 2.25. The van der Waals surface area contributed by atoms with Crippen molar-refractivity contribution >= 4 is 24.0 Å². The molecule has 0 aromatic heterocycles. The van der Waals surface area contributed by atoms with E-state index in [9.17, 15) is 4.79 Å². The fraction of sp³-hybridized carbons (Fsp3) is 0.316. The molecule has 1 amide bonds. The van der Waals surface area contributed by atoms with Gasteiger partial charge in [-0.1, -0.05) is 56.3 Å². The summed E-state index contributed by atoms with van der Waals surface area (Å²) >= 11 is 0. The molecule has 0 bridgehead atoms. The molecule has 4 nitrogen and oxygen atoms in total. The lowest BCUT2D eigenvalue weighted by Crippen LogP contribution is -2.21. The maximum absolute atomic E-state index is 12.2. The summed E-state index contributed by atoms with van der Waals surface area (Å²) in [7, 11) is 0. The average molecular weight is 349 g/mol. The quantitative estimate of drug-likeness (QED) is 0.789. The van der Waals surface area contributed by atoms with Crippen molar-refractivity contribution in [3.8, 4) is 5.75 Å². The average Bonchev–Trinajstić information content (AvgIpc) is 2.54. The number of halogens is 1. The van der Waals surface area contributed by atoms with Crippen LogP contribution in [0.25, 0.3) is 0 Å². The van der Waals surface area contributed by atoms with Crippen molar-refractivity contribution in [2.45, 2.75) is 26.3 Å². The van der Waals surface area contributed by atoms with Crippen LogP contribution in [0.15, 0.2) is 54.6 Å². The number of benzene rings is 2. The summed E-state index contributed by atoms with van der Waals surface area (Å²) in [4.78, 5) is 12.2. The fourth-order valence-corrected chi connectivity index (χ4v) is 2.17. The summed E-state index contributed by atoms with van der Waals surface area (Å²) in [5, 5.41) is 2.89. The van der Waals surface area contributed by atoms with E-state index in [1.807, 2.05) is 54.6 Å². The monoisotopic (exact) mass is 348 g/mol. The van der Waals surface area contributed by atoms with Crippen molar-refractivity contribution in [1.82, 2.24) is 0 Å². The third-order valence-corrected chi connectivity index (χ3v) is 3.37. The molecule has 0 aliphatic carbocycles. The number of carbonyl (C=O) groups excluding carboxylic acids is 1. The second-order valence-electron chi connectivity index (χ2n) is 5.97. The fourth-order valence-electron chi connectivity index (χ4n) is 2.17. The van der Waals surface area contributed by atoms with Crippen LogP contribution in [0.4, 0.5) is 5.69 Å². The lowest BCUT2D eigenvalue weighted by atomic mass is 10.0. The Balaban J connectivity index is 0.00000288. The van der Waals surface area contributed by atoms with Crippen molar-refractivity contribution in [2.24, 2.45) is 11.7 Å². The molecule has 0 radical (unpaired) electrons. The number of hydrogen-bond donors (Lipinski definition) is 2. The van der Waals surface area contributed by atoms with Gasteiger partial charge in [-0.05, 0) is 23.6 Å². The van der Waals surface area contributed by atoms with Crippen LogP contribution < -0.4 is 15.8 Å². The minimum absolute atomic E-state index is 0. The molecule has 1 atom stereocenters. The molecule has 2 rings (SSSR count). The normalized spacial score (nSPS) is 11.5. The van der Waals surface area contributed by atoms with Crippen LogP contribution in [0.1, 0.15) is 31.9 Å². The second-order valence-corrected chi connectivity index (χ2v) is 5.97. The summed E-state index contributed by atoms with van der Waals surface area (Å²) in [6.45, 7) is 4.77. The number of anilines is 1. The molecule has 0 aliphatic heterocycles. The summed E-state index contributed by atoms with van der Waals surface area (Å²) in [6, 6.07) is 16.8. The van der Waals surface area contributed by atoms with Crippen molar-refractivity contribution in [1.29, 1.82) is 0 Å². The minimum atomic E-state index is -0.319. The van der Waals surface area contributed by atoms with Gasteiger partial charge < -0.3 is 15.8 Å². The SMILES string of the molecule is CC(C)COc1ccccc1NC(=O)CC(N)c1ccccc1.Cl. The molecular formula is C19H25ClN2O2. The lowest BCUT2D eigenvalue weighted by molar-refractivity contribution is -0.116.